The smallest absolute Gasteiger partial charge is 0.326 e. The molecule has 1 heterocycles. The number of carboxylic acid groups (broad SMARTS) is 1. The van der Waals surface area contributed by atoms with Crippen molar-refractivity contribution in [3.8, 4) is 0 Å². The molecule has 1 rings (SSSR count). The minimum Gasteiger partial charge on any atom is -0.480 e. The van der Waals surface area contributed by atoms with E-state index in [1.165, 1.54) is 19.3 Å². The molecule has 0 spiro atoms. The van der Waals surface area contributed by atoms with Gasteiger partial charge in [0.05, 0.1) is 0 Å². The van der Waals surface area contributed by atoms with E-state index in [1.807, 2.05) is 0 Å². The number of unbranched alkanes of at least 4 members (excludes halogenated alkanes) is 4. The van der Waals surface area contributed by atoms with Crippen LogP contribution in [0.15, 0.2) is 0 Å². The highest BCUT2D eigenvalue weighted by Crippen LogP contribution is 2.26. The lowest BCUT2D eigenvalue weighted by Crippen LogP contribution is -2.50. The van der Waals surface area contributed by atoms with Gasteiger partial charge in [0.25, 0.3) is 0 Å². The summed E-state index contributed by atoms with van der Waals surface area (Å²) in [5.74, 6) is -0.365. The second-order valence-electron chi connectivity index (χ2n) is 5.90. The van der Waals surface area contributed by atoms with Gasteiger partial charge in [0.15, 0.2) is 0 Å². The Morgan fingerprint density at radius 2 is 1.85 bits per heavy atom. The highest BCUT2D eigenvalue weighted by molar-refractivity contribution is 5.83. The molecule has 1 aliphatic heterocycles. The quantitative estimate of drug-likeness (QED) is 0.694. The molecule has 0 saturated carbocycles. The monoisotopic (exact) mass is 283 g/mol. The third-order valence-corrected chi connectivity index (χ3v) is 4.39. The maximum Gasteiger partial charge on any atom is 0.326 e. The van der Waals surface area contributed by atoms with Gasteiger partial charge in [-0.05, 0) is 25.2 Å². The summed E-state index contributed by atoms with van der Waals surface area (Å²) in [6.45, 7) is 4.87. The molecule has 0 aromatic rings. The lowest BCUT2D eigenvalue weighted by atomic mass is 9.88. The molecule has 116 valence electrons. The first kappa shape index (κ1) is 17.0. The largest absolute Gasteiger partial charge is 0.480 e. The Morgan fingerprint density at radius 3 is 2.45 bits per heavy atom. The minimum atomic E-state index is -0.845. The van der Waals surface area contributed by atoms with Crippen LogP contribution in [0.2, 0.25) is 0 Å². The molecule has 2 atom stereocenters. The molecule has 0 radical (unpaired) electrons. The molecule has 1 amide bonds. The Kier molecular flexibility index (Phi) is 7.63. The molecule has 1 fully saturated rings. The summed E-state index contributed by atoms with van der Waals surface area (Å²) in [5, 5.41) is 9.32. The number of piperidine rings is 1. The van der Waals surface area contributed by atoms with E-state index in [2.05, 4.69) is 13.8 Å². The summed E-state index contributed by atoms with van der Waals surface area (Å²) >= 11 is 0. The van der Waals surface area contributed by atoms with Crippen LogP contribution >= 0.6 is 0 Å². The topological polar surface area (TPSA) is 57.6 Å². The first-order valence-corrected chi connectivity index (χ1v) is 8.12. The van der Waals surface area contributed by atoms with Crippen LogP contribution < -0.4 is 0 Å². The molecule has 0 aromatic carbocycles. The van der Waals surface area contributed by atoms with Crippen LogP contribution in [0.25, 0.3) is 0 Å². The van der Waals surface area contributed by atoms with Gasteiger partial charge >= 0.3 is 5.97 Å². The Hall–Kier alpha value is -1.06. The van der Waals surface area contributed by atoms with E-state index in [9.17, 15) is 14.7 Å². The highest BCUT2D eigenvalue weighted by atomic mass is 16.4. The zero-order valence-electron chi connectivity index (χ0n) is 12.9. The van der Waals surface area contributed by atoms with Gasteiger partial charge in [-0.1, -0.05) is 46.0 Å². The van der Waals surface area contributed by atoms with Crippen LogP contribution in [0.5, 0.6) is 0 Å². The number of carbonyl (C=O) groups is 2. The van der Waals surface area contributed by atoms with Gasteiger partial charge in [0.1, 0.15) is 6.04 Å². The summed E-state index contributed by atoms with van der Waals surface area (Å²) in [6, 6.07) is -0.600. The van der Waals surface area contributed by atoms with Gasteiger partial charge in [-0.25, -0.2) is 4.79 Å². The van der Waals surface area contributed by atoms with E-state index in [4.69, 9.17) is 0 Å². The van der Waals surface area contributed by atoms with Crippen LogP contribution in [-0.4, -0.2) is 34.5 Å². The summed E-state index contributed by atoms with van der Waals surface area (Å²) < 4.78 is 0. The normalized spacial score (nSPS) is 22.8. The predicted molar refractivity (Wildman–Crippen MR) is 79.5 cm³/mol. The molecule has 0 bridgehead atoms. The summed E-state index contributed by atoms with van der Waals surface area (Å²) in [5.41, 5.74) is 0. The maximum atomic E-state index is 12.2. The number of likely N-dealkylation sites (tertiary alicyclic amines) is 1. The molecule has 1 aliphatic rings. The zero-order chi connectivity index (χ0) is 15.0. The van der Waals surface area contributed by atoms with Crippen molar-refractivity contribution in [1.29, 1.82) is 0 Å². The van der Waals surface area contributed by atoms with Crippen LogP contribution in [0.4, 0.5) is 0 Å². The molecule has 1 N–H and O–H groups in total. The lowest BCUT2D eigenvalue weighted by Gasteiger charge is -2.37. The fraction of sp³-hybridized carbons (Fsp3) is 0.875. The van der Waals surface area contributed by atoms with Crippen molar-refractivity contribution in [2.75, 3.05) is 6.54 Å². The Labute approximate surface area is 122 Å². The maximum absolute atomic E-state index is 12.2. The number of hydrogen-bond donors (Lipinski definition) is 1. The third-order valence-electron chi connectivity index (χ3n) is 4.39. The molecule has 0 aliphatic carbocycles. The second-order valence-corrected chi connectivity index (χ2v) is 5.90. The molecule has 4 heteroatoms. The zero-order valence-corrected chi connectivity index (χ0v) is 12.9. The lowest BCUT2D eigenvalue weighted by molar-refractivity contribution is -0.153. The Bertz CT molecular complexity index is 317. The average molecular weight is 283 g/mol. The molecule has 4 nitrogen and oxygen atoms in total. The van der Waals surface area contributed by atoms with Crippen LogP contribution in [0.3, 0.4) is 0 Å². The number of amides is 1. The van der Waals surface area contributed by atoms with Crippen molar-refractivity contribution in [3.63, 3.8) is 0 Å². The van der Waals surface area contributed by atoms with Gasteiger partial charge in [0.2, 0.25) is 5.91 Å². The third kappa shape index (κ3) is 5.14. The molecule has 0 aromatic heterocycles. The number of hydrogen-bond acceptors (Lipinski definition) is 2. The van der Waals surface area contributed by atoms with Crippen molar-refractivity contribution in [2.45, 2.75) is 77.7 Å². The molecular weight excluding hydrogens is 254 g/mol. The van der Waals surface area contributed by atoms with Gasteiger partial charge in [-0.3, -0.25) is 4.79 Å². The van der Waals surface area contributed by atoms with Gasteiger partial charge in [-0.15, -0.1) is 0 Å². The van der Waals surface area contributed by atoms with Gasteiger partial charge in [-0.2, -0.15) is 0 Å². The van der Waals surface area contributed by atoms with Crippen LogP contribution in [0.1, 0.15) is 71.6 Å². The highest BCUT2D eigenvalue weighted by Gasteiger charge is 2.35. The SMILES string of the molecule is CCCCCCCC(=O)N1CCC(CC)CC1C(=O)O. The van der Waals surface area contributed by atoms with Crippen molar-refractivity contribution in [2.24, 2.45) is 5.92 Å². The van der Waals surface area contributed by atoms with Crippen molar-refractivity contribution >= 4 is 11.9 Å². The number of carbonyl (C=O) groups excluding carboxylic acids is 1. The van der Waals surface area contributed by atoms with Gasteiger partial charge < -0.3 is 10.0 Å². The van der Waals surface area contributed by atoms with Gasteiger partial charge in [0, 0.05) is 13.0 Å². The van der Waals surface area contributed by atoms with E-state index in [1.54, 1.807) is 4.90 Å². The fourth-order valence-electron chi connectivity index (χ4n) is 2.97. The molecule has 20 heavy (non-hydrogen) atoms. The van der Waals surface area contributed by atoms with E-state index in [0.717, 1.165) is 25.7 Å². The van der Waals surface area contributed by atoms with Crippen LogP contribution in [-0.2, 0) is 9.59 Å². The van der Waals surface area contributed by atoms with E-state index >= 15 is 0 Å². The Morgan fingerprint density at radius 1 is 1.15 bits per heavy atom. The summed E-state index contributed by atoms with van der Waals surface area (Å²) in [7, 11) is 0. The number of rotatable bonds is 8. The number of aliphatic carboxylic acids is 1. The number of nitrogens with zero attached hydrogens (tertiary/aromatic N) is 1. The van der Waals surface area contributed by atoms with Crippen molar-refractivity contribution in [3.05, 3.63) is 0 Å². The van der Waals surface area contributed by atoms with E-state index in [0.29, 0.717) is 25.3 Å². The molecule has 1 saturated heterocycles. The number of carboxylic acids is 1. The molecule has 2 unspecified atom stereocenters. The average Bonchev–Trinajstić information content (AvgIpc) is 2.46. The summed E-state index contributed by atoms with van der Waals surface area (Å²) in [6.07, 6.45) is 8.61. The standard InChI is InChI=1S/C16H29NO3/c1-3-5-6-7-8-9-15(18)17-11-10-13(4-2)12-14(17)16(19)20/h13-14H,3-12H2,1-2H3,(H,19,20). The fourth-order valence-corrected chi connectivity index (χ4v) is 2.97. The van der Waals surface area contributed by atoms with Crippen molar-refractivity contribution < 1.29 is 14.7 Å². The van der Waals surface area contributed by atoms with Crippen molar-refractivity contribution in [1.82, 2.24) is 4.90 Å². The Balaban J connectivity index is 2.42. The molecular formula is C16H29NO3. The predicted octanol–water partition coefficient (Wildman–Crippen LogP) is 3.45. The first-order valence-electron chi connectivity index (χ1n) is 8.12. The first-order chi connectivity index (χ1) is 9.60. The minimum absolute atomic E-state index is 0.0310. The van der Waals surface area contributed by atoms with E-state index in [-0.39, 0.29) is 5.91 Å². The van der Waals surface area contributed by atoms with E-state index < -0.39 is 12.0 Å². The second kappa shape index (κ2) is 8.98. The summed E-state index contributed by atoms with van der Waals surface area (Å²) in [4.78, 5) is 25.2. The van der Waals surface area contributed by atoms with Crippen LogP contribution in [0, 0.1) is 5.92 Å².